The summed E-state index contributed by atoms with van der Waals surface area (Å²) in [5, 5.41) is 23.1. The Morgan fingerprint density at radius 1 is 1.46 bits per heavy atom. The molecule has 2 aromatic rings. The van der Waals surface area contributed by atoms with Gasteiger partial charge in [-0.25, -0.2) is 9.78 Å². The van der Waals surface area contributed by atoms with Crippen LogP contribution in [0.4, 0.5) is 10.6 Å². The van der Waals surface area contributed by atoms with E-state index in [1.54, 1.807) is 6.20 Å². The van der Waals surface area contributed by atoms with Gasteiger partial charge in [0.05, 0.1) is 12.6 Å². The molecule has 0 radical (unpaired) electrons. The number of carbonyl (C=O) groups excluding carboxylic acids is 1. The van der Waals surface area contributed by atoms with E-state index < -0.39 is 6.23 Å². The molecule has 0 spiro atoms. The molecule has 9 nitrogen and oxygen atoms in total. The molecule has 0 saturated heterocycles. The van der Waals surface area contributed by atoms with E-state index in [1.165, 1.54) is 0 Å². The SMILES string of the molecule is Cc1cnc(CC(O)Nc2cc([C@H]3CC[C@@H](OC(=O)NC(C)(C)C)C3)[nH]n2)o1. The lowest BCUT2D eigenvalue weighted by Crippen LogP contribution is -2.42. The highest BCUT2D eigenvalue weighted by Crippen LogP contribution is 2.36. The van der Waals surface area contributed by atoms with Gasteiger partial charge in [0, 0.05) is 23.2 Å². The second-order valence-corrected chi connectivity index (χ2v) is 8.35. The lowest BCUT2D eigenvalue weighted by Gasteiger charge is -2.22. The van der Waals surface area contributed by atoms with E-state index >= 15 is 0 Å². The zero-order valence-electron chi connectivity index (χ0n) is 16.8. The summed E-state index contributed by atoms with van der Waals surface area (Å²) >= 11 is 0. The fourth-order valence-corrected chi connectivity index (χ4v) is 3.32. The van der Waals surface area contributed by atoms with Gasteiger partial charge in [0.1, 0.15) is 23.9 Å². The Kier molecular flexibility index (Phi) is 5.93. The average molecular weight is 391 g/mol. The summed E-state index contributed by atoms with van der Waals surface area (Å²) in [7, 11) is 0. The number of ether oxygens (including phenoxy) is 1. The van der Waals surface area contributed by atoms with Crippen molar-refractivity contribution in [2.45, 2.75) is 77.2 Å². The van der Waals surface area contributed by atoms with Crippen molar-refractivity contribution in [1.82, 2.24) is 20.5 Å². The van der Waals surface area contributed by atoms with Crippen LogP contribution in [0.3, 0.4) is 0 Å². The number of oxazole rings is 1. The third-order valence-electron chi connectivity index (χ3n) is 4.52. The van der Waals surface area contributed by atoms with Gasteiger partial charge in [-0.3, -0.25) is 5.10 Å². The van der Waals surface area contributed by atoms with Gasteiger partial charge in [0.2, 0.25) is 0 Å². The third-order valence-corrected chi connectivity index (χ3v) is 4.52. The van der Waals surface area contributed by atoms with Crippen molar-refractivity contribution >= 4 is 11.9 Å². The van der Waals surface area contributed by atoms with E-state index in [2.05, 4.69) is 25.8 Å². The van der Waals surface area contributed by atoms with Crippen molar-refractivity contribution in [3.63, 3.8) is 0 Å². The molecule has 3 atom stereocenters. The predicted octanol–water partition coefficient (Wildman–Crippen LogP) is 2.84. The minimum atomic E-state index is -0.852. The highest BCUT2D eigenvalue weighted by Gasteiger charge is 2.30. The minimum absolute atomic E-state index is 0.106. The van der Waals surface area contributed by atoms with E-state index in [0.29, 0.717) is 17.5 Å². The summed E-state index contributed by atoms with van der Waals surface area (Å²) in [5.41, 5.74) is 0.646. The molecule has 2 aromatic heterocycles. The number of alkyl carbamates (subject to hydrolysis) is 1. The molecule has 2 heterocycles. The van der Waals surface area contributed by atoms with E-state index in [4.69, 9.17) is 9.15 Å². The zero-order chi connectivity index (χ0) is 20.3. The highest BCUT2D eigenvalue weighted by atomic mass is 16.6. The monoisotopic (exact) mass is 391 g/mol. The number of nitrogens with zero attached hydrogens (tertiary/aromatic N) is 2. The normalized spacial score (nSPS) is 20.8. The summed E-state index contributed by atoms with van der Waals surface area (Å²) in [6, 6.07) is 1.88. The second kappa shape index (κ2) is 8.22. The molecule has 1 unspecified atom stereocenters. The van der Waals surface area contributed by atoms with Crippen LogP contribution in [-0.2, 0) is 11.2 Å². The number of aliphatic hydroxyl groups is 1. The van der Waals surface area contributed by atoms with Crippen LogP contribution >= 0.6 is 0 Å². The van der Waals surface area contributed by atoms with Crippen LogP contribution < -0.4 is 10.6 Å². The van der Waals surface area contributed by atoms with Crippen LogP contribution in [0.15, 0.2) is 16.7 Å². The molecule has 28 heavy (non-hydrogen) atoms. The number of carbonyl (C=O) groups is 1. The largest absolute Gasteiger partial charge is 0.446 e. The molecule has 1 amide bonds. The molecule has 9 heteroatoms. The summed E-state index contributed by atoms with van der Waals surface area (Å²) < 4.78 is 10.9. The molecule has 0 aliphatic heterocycles. The van der Waals surface area contributed by atoms with Crippen LogP contribution in [0.5, 0.6) is 0 Å². The van der Waals surface area contributed by atoms with Gasteiger partial charge in [0.25, 0.3) is 0 Å². The average Bonchev–Trinajstić information content (AvgIpc) is 3.27. The van der Waals surface area contributed by atoms with Crippen molar-refractivity contribution in [2.75, 3.05) is 5.32 Å². The van der Waals surface area contributed by atoms with Crippen molar-refractivity contribution in [3.05, 3.63) is 29.6 Å². The molecule has 1 fully saturated rings. The highest BCUT2D eigenvalue weighted by molar-refractivity contribution is 5.68. The van der Waals surface area contributed by atoms with Crippen molar-refractivity contribution in [1.29, 1.82) is 0 Å². The smallest absolute Gasteiger partial charge is 0.407 e. The molecule has 1 saturated carbocycles. The van der Waals surface area contributed by atoms with Gasteiger partial charge in [-0.2, -0.15) is 5.10 Å². The summed E-state index contributed by atoms with van der Waals surface area (Å²) in [6.45, 7) is 7.56. The van der Waals surface area contributed by atoms with Gasteiger partial charge < -0.3 is 24.9 Å². The van der Waals surface area contributed by atoms with Gasteiger partial charge in [-0.15, -0.1) is 0 Å². The van der Waals surface area contributed by atoms with Gasteiger partial charge >= 0.3 is 6.09 Å². The summed E-state index contributed by atoms with van der Waals surface area (Å²) in [4.78, 5) is 16.0. The van der Waals surface area contributed by atoms with Gasteiger partial charge in [-0.1, -0.05) is 0 Å². The second-order valence-electron chi connectivity index (χ2n) is 8.35. The molecular weight excluding hydrogens is 362 g/mol. The van der Waals surface area contributed by atoms with E-state index in [-0.39, 0.29) is 30.1 Å². The van der Waals surface area contributed by atoms with Crippen molar-refractivity contribution in [3.8, 4) is 0 Å². The van der Waals surface area contributed by atoms with E-state index in [1.807, 2.05) is 33.8 Å². The number of aromatic nitrogens is 3. The number of hydrogen-bond donors (Lipinski definition) is 4. The van der Waals surface area contributed by atoms with Crippen LogP contribution in [0.2, 0.25) is 0 Å². The number of hydrogen-bond acceptors (Lipinski definition) is 7. The Morgan fingerprint density at radius 2 is 2.25 bits per heavy atom. The number of rotatable bonds is 6. The molecule has 3 rings (SSSR count). The van der Waals surface area contributed by atoms with Crippen LogP contribution in [0.1, 0.15) is 63.3 Å². The number of aliphatic hydroxyl groups excluding tert-OH is 1. The number of H-pyrrole nitrogens is 1. The third kappa shape index (κ3) is 5.72. The topological polar surface area (TPSA) is 125 Å². The first-order valence-corrected chi connectivity index (χ1v) is 9.58. The number of aryl methyl sites for hydroxylation is 1. The minimum Gasteiger partial charge on any atom is -0.446 e. The van der Waals surface area contributed by atoms with Crippen LogP contribution in [0.25, 0.3) is 0 Å². The van der Waals surface area contributed by atoms with E-state index in [0.717, 1.165) is 25.0 Å². The van der Waals surface area contributed by atoms with Crippen molar-refractivity contribution < 1.29 is 19.1 Å². The van der Waals surface area contributed by atoms with Crippen LogP contribution in [-0.4, -0.2) is 44.3 Å². The summed E-state index contributed by atoms with van der Waals surface area (Å²) in [6.07, 6.45) is 3.00. The quantitative estimate of drug-likeness (QED) is 0.558. The number of aromatic amines is 1. The fraction of sp³-hybridized carbons (Fsp3) is 0.632. The Balaban J connectivity index is 1.48. The molecule has 1 aliphatic rings. The zero-order valence-corrected chi connectivity index (χ0v) is 16.8. The lowest BCUT2D eigenvalue weighted by molar-refractivity contribution is 0.0936. The molecule has 154 valence electrons. The van der Waals surface area contributed by atoms with Gasteiger partial charge in [0.15, 0.2) is 5.89 Å². The van der Waals surface area contributed by atoms with E-state index in [9.17, 15) is 9.90 Å². The number of anilines is 1. The Morgan fingerprint density at radius 3 is 2.93 bits per heavy atom. The Hall–Kier alpha value is -2.55. The fourth-order valence-electron chi connectivity index (χ4n) is 3.32. The maximum atomic E-state index is 11.9. The maximum absolute atomic E-state index is 11.9. The molecule has 0 aromatic carbocycles. The predicted molar refractivity (Wildman–Crippen MR) is 103 cm³/mol. The molecular formula is C19H29N5O4. The first kappa shape index (κ1) is 20.2. The first-order valence-electron chi connectivity index (χ1n) is 9.58. The van der Waals surface area contributed by atoms with Gasteiger partial charge in [-0.05, 0) is 47.0 Å². The Labute approximate surface area is 164 Å². The summed E-state index contributed by atoms with van der Waals surface area (Å²) in [5.74, 6) is 1.97. The van der Waals surface area contributed by atoms with Crippen LogP contribution in [0, 0.1) is 6.92 Å². The molecule has 0 bridgehead atoms. The molecule has 1 aliphatic carbocycles. The maximum Gasteiger partial charge on any atom is 0.407 e. The Bertz CT molecular complexity index is 794. The number of amides is 1. The number of nitrogens with one attached hydrogen (secondary N) is 3. The van der Waals surface area contributed by atoms with Crippen molar-refractivity contribution in [2.24, 2.45) is 0 Å². The lowest BCUT2D eigenvalue weighted by atomic mass is 10.0. The first-order chi connectivity index (χ1) is 13.2. The standard InChI is InChI=1S/C19H29N5O4/c1-11-10-20-17(27-11)9-16(25)21-15-8-14(23-24-15)12-5-6-13(7-12)28-18(26)22-19(2,3)4/h8,10,12-13,16,25H,5-7,9H2,1-4H3,(H,22,26)(H2,21,23,24)/t12-,13+,16?/m0/s1. The molecule has 4 N–H and O–H groups in total.